The fourth-order valence-electron chi connectivity index (χ4n) is 3.01. The summed E-state index contributed by atoms with van der Waals surface area (Å²) in [6, 6.07) is 7.76. The van der Waals surface area contributed by atoms with Crippen LogP contribution < -0.4 is 21.7 Å². The molecule has 9 nitrogen and oxygen atoms in total. The van der Waals surface area contributed by atoms with Gasteiger partial charge >= 0.3 is 5.97 Å². The number of carbonyl (C=O) groups excluding carboxylic acids is 4. The van der Waals surface area contributed by atoms with Crippen LogP contribution in [0.5, 0.6) is 0 Å². The van der Waals surface area contributed by atoms with Crippen molar-refractivity contribution in [1.29, 1.82) is 0 Å². The minimum Gasteiger partial charge on any atom is -0.469 e. The van der Waals surface area contributed by atoms with Gasteiger partial charge in [0, 0.05) is 26.3 Å². The number of hydrogen-bond acceptors (Lipinski definition) is 6. The van der Waals surface area contributed by atoms with Gasteiger partial charge in [-0.25, -0.2) is 0 Å². The largest absolute Gasteiger partial charge is 0.469 e. The number of methoxy groups -OCH3 is 1. The number of amides is 3. The summed E-state index contributed by atoms with van der Waals surface area (Å²) >= 11 is 0. The normalized spacial score (nSPS) is 12.4. The Hall–Kier alpha value is -2.94. The average molecular weight is 435 g/mol. The zero-order chi connectivity index (χ0) is 23.1. The van der Waals surface area contributed by atoms with Crippen molar-refractivity contribution in [2.45, 2.75) is 57.5 Å². The van der Waals surface area contributed by atoms with E-state index in [9.17, 15) is 19.2 Å². The number of nitrogens with one attached hydrogen (secondary N) is 3. The molecule has 31 heavy (non-hydrogen) atoms. The monoisotopic (exact) mass is 434 g/mol. The summed E-state index contributed by atoms with van der Waals surface area (Å²) in [5.41, 5.74) is 6.43. The molecule has 0 bridgehead atoms. The van der Waals surface area contributed by atoms with Gasteiger partial charge in [0.05, 0.1) is 7.11 Å². The van der Waals surface area contributed by atoms with Crippen LogP contribution in [0.25, 0.3) is 0 Å². The Morgan fingerprint density at radius 3 is 2.29 bits per heavy atom. The van der Waals surface area contributed by atoms with Crippen molar-refractivity contribution in [1.82, 2.24) is 16.0 Å². The summed E-state index contributed by atoms with van der Waals surface area (Å²) in [6.07, 6.45) is 2.75. The van der Waals surface area contributed by atoms with Crippen LogP contribution in [0.15, 0.2) is 30.3 Å². The molecule has 0 spiro atoms. The topological polar surface area (TPSA) is 140 Å². The first-order chi connectivity index (χ1) is 14.9. The highest BCUT2D eigenvalue weighted by Gasteiger charge is 2.26. The highest BCUT2D eigenvalue weighted by molar-refractivity contribution is 5.91. The van der Waals surface area contributed by atoms with Crippen molar-refractivity contribution in [2.75, 3.05) is 20.2 Å². The lowest BCUT2D eigenvalue weighted by molar-refractivity contribution is -0.140. The third kappa shape index (κ3) is 11.1. The molecule has 0 aromatic heterocycles. The fourth-order valence-corrected chi connectivity index (χ4v) is 3.01. The maximum absolute atomic E-state index is 12.9. The van der Waals surface area contributed by atoms with Crippen molar-refractivity contribution in [3.63, 3.8) is 0 Å². The molecule has 5 N–H and O–H groups in total. The van der Waals surface area contributed by atoms with Gasteiger partial charge in [-0.2, -0.15) is 0 Å². The smallest absolute Gasteiger partial charge is 0.305 e. The second-order valence-electron chi connectivity index (χ2n) is 7.26. The van der Waals surface area contributed by atoms with Gasteiger partial charge in [-0.1, -0.05) is 30.3 Å². The summed E-state index contributed by atoms with van der Waals surface area (Å²) < 4.78 is 4.57. The number of benzene rings is 1. The van der Waals surface area contributed by atoms with Crippen LogP contribution in [0.3, 0.4) is 0 Å². The Balaban J connectivity index is 2.75. The van der Waals surface area contributed by atoms with E-state index < -0.39 is 18.0 Å². The summed E-state index contributed by atoms with van der Waals surface area (Å²) in [5, 5.41) is 8.16. The highest BCUT2D eigenvalue weighted by atomic mass is 16.5. The number of hydrogen-bond donors (Lipinski definition) is 4. The number of ether oxygens (including phenoxy) is 1. The molecule has 2 atom stereocenters. The maximum Gasteiger partial charge on any atom is 0.305 e. The Morgan fingerprint density at radius 2 is 1.68 bits per heavy atom. The Labute approximate surface area is 183 Å². The molecule has 9 heteroatoms. The third-order valence-electron chi connectivity index (χ3n) is 4.64. The van der Waals surface area contributed by atoms with E-state index in [-0.39, 0.29) is 30.7 Å². The van der Waals surface area contributed by atoms with Gasteiger partial charge in [-0.15, -0.1) is 0 Å². The van der Waals surface area contributed by atoms with E-state index in [0.29, 0.717) is 32.2 Å². The molecule has 0 heterocycles. The van der Waals surface area contributed by atoms with E-state index in [0.717, 1.165) is 12.0 Å². The van der Waals surface area contributed by atoms with Crippen molar-refractivity contribution in [2.24, 2.45) is 5.73 Å². The van der Waals surface area contributed by atoms with Gasteiger partial charge in [-0.3, -0.25) is 19.2 Å². The van der Waals surface area contributed by atoms with Crippen molar-refractivity contribution in [3.05, 3.63) is 35.9 Å². The SMILES string of the molecule is COC(=O)CCCNC(=O)[C@H](CCCCN)NC(=O)[C@H](Cc1ccccc1)NC(C)=O. The standard InChI is InChI=1S/C22H34N4O5/c1-16(27)25-19(15-17-9-4-3-5-10-17)22(30)26-18(11-6-7-13-23)21(29)24-14-8-12-20(28)31-2/h3-5,9-10,18-19H,6-8,11-15,23H2,1-2H3,(H,24,29)(H,25,27)(H,26,30)/t18-,19-/m0/s1. The van der Waals surface area contributed by atoms with E-state index in [1.54, 1.807) is 0 Å². The molecule has 3 amide bonds. The first kappa shape index (κ1) is 26.1. The molecule has 0 aliphatic heterocycles. The van der Waals surface area contributed by atoms with E-state index in [2.05, 4.69) is 20.7 Å². The van der Waals surface area contributed by atoms with Crippen molar-refractivity contribution in [3.8, 4) is 0 Å². The molecule has 1 aromatic carbocycles. The Morgan fingerprint density at radius 1 is 0.968 bits per heavy atom. The number of esters is 1. The average Bonchev–Trinajstić information content (AvgIpc) is 2.75. The number of rotatable bonds is 14. The minimum atomic E-state index is -0.802. The Bertz CT molecular complexity index is 711. The second-order valence-corrected chi connectivity index (χ2v) is 7.26. The molecule has 1 rings (SSSR count). The van der Waals surface area contributed by atoms with Gasteiger partial charge < -0.3 is 26.4 Å². The lowest BCUT2D eigenvalue weighted by atomic mass is 10.0. The van der Waals surface area contributed by atoms with Crippen LogP contribution in [0.4, 0.5) is 0 Å². The Kier molecular flexibility index (Phi) is 12.6. The van der Waals surface area contributed by atoms with E-state index in [1.165, 1.54) is 14.0 Å². The van der Waals surface area contributed by atoms with Crippen LogP contribution in [0.1, 0.15) is 44.6 Å². The zero-order valence-corrected chi connectivity index (χ0v) is 18.3. The number of unbranched alkanes of at least 4 members (excludes halogenated alkanes) is 1. The van der Waals surface area contributed by atoms with E-state index >= 15 is 0 Å². The zero-order valence-electron chi connectivity index (χ0n) is 18.3. The van der Waals surface area contributed by atoms with Gasteiger partial charge in [0.1, 0.15) is 12.1 Å². The molecule has 0 aliphatic carbocycles. The van der Waals surface area contributed by atoms with Gasteiger partial charge in [0.25, 0.3) is 0 Å². The summed E-state index contributed by atoms with van der Waals surface area (Å²) in [4.78, 5) is 48.3. The number of nitrogens with two attached hydrogens (primary N) is 1. The van der Waals surface area contributed by atoms with Crippen LogP contribution in [-0.2, 0) is 30.3 Å². The van der Waals surface area contributed by atoms with Gasteiger partial charge in [0.2, 0.25) is 17.7 Å². The third-order valence-corrected chi connectivity index (χ3v) is 4.64. The summed E-state index contributed by atoms with van der Waals surface area (Å²) in [6.45, 7) is 2.12. The molecule has 0 fully saturated rings. The molecule has 172 valence electrons. The summed E-state index contributed by atoms with van der Waals surface area (Å²) in [7, 11) is 1.31. The molecule has 0 saturated carbocycles. The van der Waals surface area contributed by atoms with E-state index in [1.807, 2.05) is 30.3 Å². The molecule has 1 aromatic rings. The lowest BCUT2D eigenvalue weighted by Gasteiger charge is -2.23. The molecule has 0 unspecified atom stereocenters. The highest BCUT2D eigenvalue weighted by Crippen LogP contribution is 2.06. The van der Waals surface area contributed by atoms with Crippen LogP contribution in [0.2, 0.25) is 0 Å². The molecular formula is C22H34N4O5. The predicted molar refractivity (Wildman–Crippen MR) is 117 cm³/mol. The summed E-state index contributed by atoms with van der Waals surface area (Å²) in [5.74, 6) is -1.44. The van der Waals surface area contributed by atoms with Crippen molar-refractivity contribution >= 4 is 23.7 Å². The van der Waals surface area contributed by atoms with E-state index in [4.69, 9.17) is 5.73 Å². The minimum absolute atomic E-state index is 0.197. The van der Waals surface area contributed by atoms with Gasteiger partial charge in [-0.05, 0) is 37.8 Å². The molecule has 0 saturated heterocycles. The molecular weight excluding hydrogens is 400 g/mol. The van der Waals surface area contributed by atoms with Crippen LogP contribution >= 0.6 is 0 Å². The van der Waals surface area contributed by atoms with Gasteiger partial charge in [0.15, 0.2) is 0 Å². The van der Waals surface area contributed by atoms with Crippen LogP contribution in [-0.4, -0.2) is 56.0 Å². The first-order valence-corrected chi connectivity index (χ1v) is 10.5. The second kappa shape index (κ2) is 15.0. The first-order valence-electron chi connectivity index (χ1n) is 10.5. The lowest BCUT2D eigenvalue weighted by Crippen LogP contribution is -2.54. The fraction of sp³-hybridized carbons (Fsp3) is 0.545. The predicted octanol–water partition coefficient (Wildman–Crippen LogP) is 0.417. The van der Waals surface area contributed by atoms with Crippen molar-refractivity contribution < 1.29 is 23.9 Å². The van der Waals surface area contributed by atoms with Crippen LogP contribution in [0, 0.1) is 0 Å². The maximum atomic E-state index is 12.9. The number of carbonyl (C=O) groups is 4. The molecule has 0 aliphatic rings. The molecule has 0 radical (unpaired) electrons. The quantitative estimate of drug-likeness (QED) is 0.247.